The maximum absolute atomic E-state index is 12.7. The number of ether oxygens (including phenoxy) is 1. The average Bonchev–Trinajstić information content (AvgIpc) is 2.72. The quantitative estimate of drug-likeness (QED) is 0.689. The topological polar surface area (TPSA) is 41.6 Å². The van der Waals surface area contributed by atoms with E-state index in [0.717, 1.165) is 36.6 Å². The summed E-state index contributed by atoms with van der Waals surface area (Å²) in [4.78, 5) is 15.2. The number of amides is 1. The summed E-state index contributed by atoms with van der Waals surface area (Å²) in [7, 11) is 0. The molecule has 2 aromatic carbocycles. The first-order chi connectivity index (χ1) is 13.9. The number of hydrogen-bond acceptors (Lipinski definition) is 4. The minimum Gasteiger partial charge on any atom is -0.481 e. The van der Waals surface area contributed by atoms with E-state index in [1.54, 1.807) is 6.92 Å². The summed E-state index contributed by atoms with van der Waals surface area (Å²) in [5, 5.41) is 3.06. The molecule has 0 radical (unpaired) electrons. The van der Waals surface area contributed by atoms with Crippen LogP contribution in [0.1, 0.15) is 43.4 Å². The van der Waals surface area contributed by atoms with Crippen LogP contribution in [0.4, 0.5) is 5.69 Å². The summed E-state index contributed by atoms with van der Waals surface area (Å²) in [5.41, 5.74) is 4.47. The number of nitrogens with zero attached hydrogens (tertiary/aromatic N) is 1. The van der Waals surface area contributed by atoms with Gasteiger partial charge >= 0.3 is 0 Å². The SMILES string of the molecule is Cc1c(CN2CCSCC2)cccc1NC(=O)C(C)Oc1cccc(C(C)C)c1. The van der Waals surface area contributed by atoms with Crippen molar-refractivity contribution < 1.29 is 9.53 Å². The van der Waals surface area contributed by atoms with E-state index in [0.29, 0.717) is 5.92 Å². The van der Waals surface area contributed by atoms with Gasteiger partial charge in [0.05, 0.1) is 0 Å². The Hall–Kier alpha value is -1.98. The minimum atomic E-state index is -0.570. The Kier molecular flexibility index (Phi) is 7.62. The van der Waals surface area contributed by atoms with Gasteiger partial charge in [-0.25, -0.2) is 0 Å². The lowest BCUT2D eigenvalue weighted by Gasteiger charge is -2.27. The number of rotatable bonds is 7. The second kappa shape index (κ2) is 10.2. The van der Waals surface area contributed by atoms with E-state index in [1.165, 1.54) is 22.6 Å². The third-order valence-corrected chi connectivity index (χ3v) is 6.35. The maximum atomic E-state index is 12.7. The smallest absolute Gasteiger partial charge is 0.265 e. The van der Waals surface area contributed by atoms with Gasteiger partial charge in [0, 0.05) is 36.8 Å². The molecule has 1 fully saturated rings. The van der Waals surface area contributed by atoms with Gasteiger partial charge in [-0.1, -0.05) is 38.1 Å². The highest BCUT2D eigenvalue weighted by Crippen LogP contribution is 2.24. The molecule has 2 aromatic rings. The zero-order chi connectivity index (χ0) is 20.8. The predicted octanol–water partition coefficient (Wildman–Crippen LogP) is 5.07. The lowest BCUT2D eigenvalue weighted by Crippen LogP contribution is -2.32. The van der Waals surface area contributed by atoms with E-state index in [1.807, 2.05) is 42.1 Å². The van der Waals surface area contributed by atoms with Gasteiger partial charge in [0.15, 0.2) is 6.10 Å². The molecule has 1 atom stereocenters. The van der Waals surface area contributed by atoms with Crippen molar-refractivity contribution >= 4 is 23.4 Å². The van der Waals surface area contributed by atoms with Crippen LogP contribution in [0.3, 0.4) is 0 Å². The first-order valence-electron chi connectivity index (χ1n) is 10.4. The summed E-state index contributed by atoms with van der Waals surface area (Å²) in [6.07, 6.45) is -0.570. The zero-order valence-corrected chi connectivity index (χ0v) is 18.7. The average molecular weight is 413 g/mol. The van der Waals surface area contributed by atoms with Gasteiger partial charge in [0.25, 0.3) is 5.91 Å². The number of carbonyl (C=O) groups excluding carboxylic acids is 1. The summed E-state index contributed by atoms with van der Waals surface area (Å²) in [5.74, 6) is 3.42. The monoisotopic (exact) mass is 412 g/mol. The van der Waals surface area contributed by atoms with Crippen LogP contribution in [-0.2, 0) is 11.3 Å². The first kappa shape index (κ1) is 21.7. The van der Waals surface area contributed by atoms with E-state index in [2.05, 4.69) is 43.1 Å². The van der Waals surface area contributed by atoms with Crippen molar-refractivity contribution in [2.75, 3.05) is 29.9 Å². The minimum absolute atomic E-state index is 0.130. The van der Waals surface area contributed by atoms with E-state index >= 15 is 0 Å². The van der Waals surface area contributed by atoms with Gasteiger partial charge < -0.3 is 10.1 Å². The van der Waals surface area contributed by atoms with Crippen molar-refractivity contribution in [3.8, 4) is 5.75 Å². The molecule has 156 valence electrons. The highest BCUT2D eigenvalue weighted by atomic mass is 32.2. The number of thioether (sulfide) groups is 1. The van der Waals surface area contributed by atoms with Crippen LogP contribution in [0.15, 0.2) is 42.5 Å². The zero-order valence-electron chi connectivity index (χ0n) is 17.9. The molecule has 0 saturated carbocycles. The molecule has 29 heavy (non-hydrogen) atoms. The number of carbonyl (C=O) groups is 1. The van der Waals surface area contributed by atoms with Gasteiger partial charge in [-0.2, -0.15) is 11.8 Å². The van der Waals surface area contributed by atoms with Crippen molar-refractivity contribution in [3.05, 3.63) is 59.2 Å². The second-order valence-electron chi connectivity index (χ2n) is 7.95. The molecule has 1 aliphatic rings. The molecule has 5 heteroatoms. The number of anilines is 1. The normalized spacial score (nSPS) is 15.9. The molecular formula is C24H32N2O2S. The van der Waals surface area contributed by atoms with Gasteiger partial charge in [0.2, 0.25) is 0 Å². The van der Waals surface area contributed by atoms with Crippen LogP contribution in [-0.4, -0.2) is 41.5 Å². The van der Waals surface area contributed by atoms with Crippen LogP contribution < -0.4 is 10.1 Å². The van der Waals surface area contributed by atoms with E-state index in [-0.39, 0.29) is 5.91 Å². The van der Waals surface area contributed by atoms with Crippen molar-refractivity contribution in [2.45, 2.75) is 46.3 Å². The third-order valence-electron chi connectivity index (χ3n) is 5.41. The van der Waals surface area contributed by atoms with Gasteiger partial charge in [-0.3, -0.25) is 9.69 Å². The van der Waals surface area contributed by atoms with Crippen LogP contribution in [0.5, 0.6) is 5.75 Å². The highest BCUT2D eigenvalue weighted by molar-refractivity contribution is 7.99. The van der Waals surface area contributed by atoms with E-state index in [9.17, 15) is 4.79 Å². The fraction of sp³-hybridized carbons (Fsp3) is 0.458. The van der Waals surface area contributed by atoms with Crippen molar-refractivity contribution in [1.29, 1.82) is 0 Å². The molecule has 4 nitrogen and oxygen atoms in total. The van der Waals surface area contributed by atoms with Gasteiger partial charge in [-0.15, -0.1) is 0 Å². The number of hydrogen-bond donors (Lipinski definition) is 1. The third kappa shape index (κ3) is 6.00. The lowest BCUT2D eigenvalue weighted by molar-refractivity contribution is -0.122. The molecule has 0 aromatic heterocycles. The fourth-order valence-corrected chi connectivity index (χ4v) is 4.41. The number of benzene rings is 2. The molecule has 1 saturated heterocycles. The highest BCUT2D eigenvalue weighted by Gasteiger charge is 2.18. The molecule has 1 amide bonds. The Morgan fingerprint density at radius 3 is 2.59 bits per heavy atom. The van der Waals surface area contributed by atoms with Crippen molar-refractivity contribution in [2.24, 2.45) is 0 Å². The molecule has 0 spiro atoms. The standard InChI is InChI=1S/C24H32N2O2S/c1-17(2)20-7-5-9-22(15-20)28-19(4)24(27)25-23-10-6-8-21(18(23)3)16-26-11-13-29-14-12-26/h5-10,15,17,19H,11-14,16H2,1-4H3,(H,25,27). The molecule has 1 heterocycles. The van der Waals surface area contributed by atoms with E-state index in [4.69, 9.17) is 4.74 Å². The molecule has 1 unspecified atom stereocenters. The Bertz CT molecular complexity index is 831. The predicted molar refractivity (Wildman–Crippen MR) is 123 cm³/mol. The molecule has 1 N–H and O–H groups in total. The van der Waals surface area contributed by atoms with Crippen molar-refractivity contribution in [1.82, 2.24) is 4.90 Å². The summed E-state index contributed by atoms with van der Waals surface area (Å²) >= 11 is 2.02. The maximum Gasteiger partial charge on any atom is 0.265 e. The Morgan fingerprint density at radius 2 is 1.86 bits per heavy atom. The molecule has 1 aliphatic heterocycles. The van der Waals surface area contributed by atoms with Crippen LogP contribution in [0.25, 0.3) is 0 Å². The Labute approximate surface area is 179 Å². The van der Waals surface area contributed by atoms with Crippen LogP contribution >= 0.6 is 11.8 Å². The molecular weight excluding hydrogens is 380 g/mol. The molecule has 0 bridgehead atoms. The van der Waals surface area contributed by atoms with Gasteiger partial charge in [-0.05, 0) is 54.7 Å². The van der Waals surface area contributed by atoms with Crippen molar-refractivity contribution in [3.63, 3.8) is 0 Å². The molecule has 3 rings (SSSR count). The first-order valence-corrected chi connectivity index (χ1v) is 11.6. The fourth-order valence-electron chi connectivity index (χ4n) is 3.43. The Morgan fingerprint density at radius 1 is 1.14 bits per heavy atom. The molecule has 0 aliphatic carbocycles. The van der Waals surface area contributed by atoms with Gasteiger partial charge in [0.1, 0.15) is 5.75 Å². The Balaban J connectivity index is 1.63. The lowest BCUT2D eigenvalue weighted by atomic mass is 10.0. The van der Waals surface area contributed by atoms with E-state index < -0.39 is 6.10 Å². The largest absolute Gasteiger partial charge is 0.481 e. The summed E-state index contributed by atoms with van der Waals surface area (Å²) in [6, 6.07) is 14.1. The van der Waals surface area contributed by atoms with Crippen LogP contribution in [0.2, 0.25) is 0 Å². The summed E-state index contributed by atoms with van der Waals surface area (Å²) < 4.78 is 5.91. The summed E-state index contributed by atoms with van der Waals surface area (Å²) in [6.45, 7) is 11.4. The number of nitrogens with one attached hydrogen (secondary N) is 1. The second-order valence-corrected chi connectivity index (χ2v) is 9.18. The van der Waals surface area contributed by atoms with Crippen LogP contribution in [0, 0.1) is 6.92 Å².